The van der Waals surface area contributed by atoms with Gasteiger partial charge in [-0.1, -0.05) is 20.8 Å². The van der Waals surface area contributed by atoms with Gasteiger partial charge in [-0.05, 0) is 18.2 Å². The van der Waals surface area contributed by atoms with E-state index in [1.807, 2.05) is 0 Å². The van der Waals surface area contributed by atoms with Gasteiger partial charge in [0, 0.05) is 11.1 Å². The molecule has 110 valence electrons. The minimum atomic E-state index is -4.73. The highest BCUT2D eigenvalue weighted by molar-refractivity contribution is 5.97. The van der Waals surface area contributed by atoms with Gasteiger partial charge in [-0.2, -0.15) is 13.2 Å². The van der Waals surface area contributed by atoms with E-state index in [2.05, 4.69) is 5.32 Å². The summed E-state index contributed by atoms with van der Waals surface area (Å²) in [6.45, 7) is 4.89. The first-order chi connectivity index (χ1) is 8.93. The monoisotopic (exact) mass is 288 g/mol. The van der Waals surface area contributed by atoms with Crippen LogP contribution in [0.5, 0.6) is 0 Å². The van der Waals surface area contributed by atoms with Crippen molar-refractivity contribution < 1.29 is 22.8 Å². The third-order valence-corrected chi connectivity index (χ3v) is 2.53. The average molecular weight is 288 g/mol. The van der Waals surface area contributed by atoms with Gasteiger partial charge < -0.3 is 11.1 Å². The molecule has 1 rings (SSSR count). The minimum absolute atomic E-state index is 0.0396. The van der Waals surface area contributed by atoms with Crippen molar-refractivity contribution in [3.8, 4) is 0 Å². The largest absolute Gasteiger partial charge is 0.417 e. The van der Waals surface area contributed by atoms with Gasteiger partial charge in [-0.15, -0.1) is 0 Å². The number of carbonyl (C=O) groups is 2. The second-order valence-electron chi connectivity index (χ2n) is 5.33. The molecule has 2 amide bonds. The maximum atomic E-state index is 12.8. The molecule has 0 heterocycles. The van der Waals surface area contributed by atoms with Crippen molar-refractivity contribution in [2.75, 3.05) is 5.32 Å². The van der Waals surface area contributed by atoms with Crippen molar-refractivity contribution in [2.24, 2.45) is 11.1 Å². The molecule has 0 aliphatic rings. The van der Waals surface area contributed by atoms with E-state index in [0.717, 1.165) is 6.07 Å². The van der Waals surface area contributed by atoms with Gasteiger partial charge in [0.15, 0.2) is 0 Å². The van der Waals surface area contributed by atoms with Crippen molar-refractivity contribution in [1.82, 2.24) is 0 Å². The number of nitrogens with one attached hydrogen (secondary N) is 1. The summed E-state index contributed by atoms with van der Waals surface area (Å²) >= 11 is 0. The molecule has 0 atom stereocenters. The second kappa shape index (κ2) is 5.15. The Kier molecular flexibility index (Phi) is 4.12. The van der Waals surface area contributed by atoms with Gasteiger partial charge in [-0.3, -0.25) is 9.59 Å². The van der Waals surface area contributed by atoms with Gasteiger partial charge in [0.05, 0.1) is 11.1 Å². The van der Waals surface area contributed by atoms with E-state index in [9.17, 15) is 22.8 Å². The molecule has 4 nitrogen and oxygen atoms in total. The molecule has 7 heteroatoms. The number of carbonyl (C=O) groups excluding carboxylic acids is 2. The average Bonchev–Trinajstić information content (AvgIpc) is 2.26. The van der Waals surface area contributed by atoms with Crippen LogP contribution in [0.2, 0.25) is 0 Å². The first-order valence-electron chi connectivity index (χ1n) is 5.75. The van der Waals surface area contributed by atoms with Crippen LogP contribution in [0.4, 0.5) is 18.9 Å². The molecule has 0 aliphatic heterocycles. The zero-order chi connectivity index (χ0) is 15.7. The Balaban J connectivity index is 3.21. The number of alkyl halides is 3. The molecular weight excluding hydrogens is 273 g/mol. The summed E-state index contributed by atoms with van der Waals surface area (Å²) in [6, 6.07) is 2.85. The van der Waals surface area contributed by atoms with Crippen LogP contribution in [-0.2, 0) is 11.0 Å². The van der Waals surface area contributed by atoms with Crippen molar-refractivity contribution in [1.29, 1.82) is 0 Å². The highest BCUT2D eigenvalue weighted by Gasteiger charge is 2.35. The number of benzene rings is 1. The number of primary amides is 1. The van der Waals surface area contributed by atoms with Crippen LogP contribution in [0.3, 0.4) is 0 Å². The molecule has 0 radical (unpaired) electrons. The zero-order valence-corrected chi connectivity index (χ0v) is 11.3. The van der Waals surface area contributed by atoms with E-state index in [0.29, 0.717) is 6.07 Å². The van der Waals surface area contributed by atoms with Gasteiger partial charge in [0.25, 0.3) is 0 Å². The number of halogens is 3. The molecule has 1 aromatic rings. The van der Waals surface area contributed by atoms with E-state index in [1.54, 1.807) is 20.8 Å². The lowest BCUT2D eigenvalue weighted by Crippen LogP contribution is -2.28. The quantitative estimate of drug-likeness (QED) is 0.878. The fourth-order valence-electron chi connectivity index (χ4n) is 1.39. The van der Waals surface area contributed by atoms with Crippen molar-refractivity contribution in [2.45, 2.75) is 26.9 Å². The van der Waals surface area contributed by atoms with E-state index in [4.69, 9.17) is 5.73 Å². The lowest BCUT2D eigenvalue weighted by Gasteiger charge is -2.19. The summed E-state index contributed by atoms with van der Waals surface area (Å²) in [5.74, 6) is -1.61. The first-order valence-corrected chi connectivity index (χ1v) is 5.75. The normalized spacial score (nSPS) is 12.1. The van der Waals surface area contributed by atoms with Crippen LogP contribution in [0.1, 0.15) is 36.7 Å². The lowest BCUT2D eigenvalue weighted by atomic mass is 9.95. The van der Waals surface area contributed by atoms with Crippen molar-refractivity contribution in [3.05, 3.63) is 29.3 Å². The molecule has 0 saturated heterocycles. The summed E-state index contributed by atoms with van der Waals surface area (Å²) < 4.78 is 38.5. The molecule has 0 unspecified atom stereocenters. The Labute approximate surface area is 114 Å². The SMILES string of the molecule is CC(C)(C)C(=O)Nc1ccc(C(N)=O)c(C(F)(F)F)c1. The van der Waals surface area contributed by atoms with E-state index in [-0.39, 0.29) is 5.69 Å². The molecular formula is C13H15F3N2O2. The van der Waals surface area contributed by atoms with E-state index >= 15 is 0 Å². The molecule has 0 bridgehead atoms. The number of amides is 2. The van der Waals surface area contributed by atoms with Gasteiger partial charge in [-0.25, -0.2) is 0 Å². The summed E-state index contributed by atoms with van der Waals surface area (Å²) in [5.41, 5.74) is 2.31. The van der Waals surface area contributed by atoms with E-state index < -0.39 is 34.5 Å². The molecule has 0 fully saturated rings. The fraction of sp³-hybridized carbons (Fsp3) is 0.385. The number of hydrogen-bond acceptors (Lipinski definition) is 2. The van der Waals surface area contributed by atoms with Crippen LogP contribution in [0.25, 0.3) is 0 Å². The molecule has 3 N–H and O–H groups in total. The molecule has 0 saturated carbocycles. The van der Waals surface area contributed by atoms with Crippen LogP contribution >= 0.6 is 0 Å². The standard InChI is InChI=1S/C13H15F3N2O2/c1-12(2,3)11(20)18-7-4-5-8(10(17)19)9(6-7)13(14,15)16/h4-6H,1-3H3,(H2,17,19)(H,18,20). The summed E-state index contributed by atoms with van der Waals surface area (Å²) in [7, 11) is 0. The smallest absolute Gasteiger partial charge is 0.366 e. The molecule has 0 spiro atoms. The number of nitrogens with two attached hydrogens (primary N) is 1. The lowest BCUT2D eigenvalue weighted by molar-refractivity contribution is -0.138. The van der Waals surface area contributed by atoms with Gasteiger partial charge in [0.1, 0.15) is 0 Å². The van der Waals surface area contributed by atoms with Crippen LogP contribution in [0.15, 0.2) is 18.2 Å². The zero-order valence-electron chi connectivity index (χ0n) is 11.3. The summed E-state index contributed by atoms with van der Waals surface area (Å²) in [5, 5.41) is 2.37. The summed E-state index contributed by atoms with van der Waals surface area (Å²) in [6.07, 6.45) is -4.73. The minimum Gasteiger partial charge on any atom is -0.366 e. The Hall–Kier alpha value is -2.05. The predicted octanol–water partition coefficient (Wildman–Crippen LogP) is 2.79. The number of hydrogen-bond donors (Lipinski definition) is 2. The predicted molar refractivity (Wildman–Crippen MR) is 68.0 cm³/mol. The topological polar surface area (TPSA) is 72.2 Å². The number of anilines is 1. The number of rotatable bonds is 2. The molecule has 0 aliphatic carbocycles. The highest BCUT2D eigenvalue weighted by Crippen LogP contribution is 2.34. The molecule has 20 heavy (non-hydrogen) atoms. The fourth-order valence-corrected chi connectivity index (χ4v) is 1.39. The Morgan fingerprint density at radius 3 is 2.10 bits per heavy atom. The Morgan fingerprint density at radius 1 is 1.15 bits per heavy atom. The van der Waals surface area contributed by atoms with Gasteiger partial charge >= 0.3 is 6.18 Å². The maximum absolute atomic E-state index is 12.8. The van der Waals surface area contributed by atoms with Crippen molar-refractivity contribution >= 4 is 17.5 Å². The van der Waals surface area contributed by atoms with Crippen LogP contribution in [0, 0.1) is 5.41 Å². The second-order valence-corrected chi connectivity index (χ2v) is 5.33. The van der Waals surface area contributed by atoms with Crippen LogP contribution in [-0.4, -0.2) is 11.8 Å². The highest BCUT2D eigenvalue weighted by atomic mass is 19.4. The third-order valence-electron chi connectivity index (χ3n) is 2.53. The van der Waals surface area contributed by atoms with E-state index in [1.165, 1.54) is 6.07 Å². The Bertz CT molecular complexity index is 546. The summed E-state index contributed by atoms with van der Waals surface area (Å²) in [4.78, 5) is 22.7. The first kappa shape index (κ1) is 16.0. The molecule has 0 aromatic heterocycles. The maximum Gasteiger partial charge on any atom is 0.417 e. The Morgan fingerprint density at radius 2 is 1.70 bits per heavy atom. The van der Waals surface area contributed by atoms with Crippen LogP contribution < -0.4 is 11.1 Å². The van der Waals surface area contributed by atoms with Crippen molar-refractivity contribution in [3.63, 3.8) is 0 Å². The van der Waals surface area contributed by atoms with Gasteiger partial charge in [0.2, 0.25) is 11.8 Å². The molecule has 1 aromatic carbocycles. The third kappa shape index (κ3) is 3.72.